The molecule has 0 fully saturated rings. The number of hydrogen-bond acceptors (Lipinski definition) is 7. The highest BCUT2D eigenvalue weighted by Gasteiger charge is 2.18. The maximum atomic E-state index is 10.8. The molecule has 3 aromatic rings. The average molecular weight is 340 g/mol. The summed E-state index contributed by atoms with van der Waals surface area (Å²) in [7, 11) is 0. The normalized spacial score (nSPS) is 10.6. The fourth-order valence-corrected chi connectivity index (χ4v) is 2.26. The molecule has 0 spiro atoms. The van der Waals surface area contributed by atoms with Crippen molar-refractivity contribution in [3.05, 3.63) is 53.2 Å². The van der Waals surface area contributed by atoms with Crippen molar-refractivity contribution < 1.29 is 19.2 Å². The molecule has 25 heavy (non-hydrogen) atoms. The molecule has 0 saturated carbocycles. The maximum Gasteiger partial charge on any atom is 0.356 e. The van der Waals surface area contributed by atoms with Crippen LogP contribution in [-0.2, 0) is 13.0 Å². The quantitative estimate of drug-likeness (QED) is 0.729. The summed E-state index contributed by atoms with van der Waals surface area (Å²) < 4.78 is 11.0. The summed E-state index contributed by atoms with van der Waals surface area (Å²) in [6.07, 6.45) is 2.40. The van der Waals surface area contributed by atoms with Gasteiger partial charge in [-0.05, 0) is 25.1 Å². The first-order valence-electron chi connectivity index (χ1n) is 7.68. The van der Waals surface area contributed by atoms with Crippen molar-refractivity contribution in [3.8, 4) is 17.1 Å². The fourth-order valence-electron chi connectivity index (χ4n) is 2.26. The van der Waals surface area contributed by atoms with Gasteiger partial charge in [0.1, 0.15) is 18.1 Å². The van der Waals surface area contributed by atoms with Crippen LogP contribution < -0.4 is 4.74 Å². The molecule has 0 radical (unpaired) electrons. The lowest BCUT2D eigenvalue weighted by Gasteiger charge is -2.06. The number of carbonyl (C=O) groups is 1. The molecule has 0 unspecified atom stereocenters. The van der Waals surface area contributed by atoms with Crippen molar-refractivity contribution in [1.29, 1.82) is 0 Å². The van der Waals surface area contributed by atoms with Gasteiger partial charge < -0.3 is 14.4 Å². The lowest BCUT2D eigenvalue weighted by Crippen LogP contribution is -2.05. The molecule has 0 aliphatic rings. The Balaban J connectivity index is 1.82. The molecule has 0 aliphatic heterocycles. The highest BCUT2D eigenvalue weighted by Crippen LogP contribution is 2.26. The number of carboxylic acid groups (broad SMARTS) is 1. The molecule has 0 atom stereocenters. The number of carboxylic acids is 1. The van der Waals surface area contributed by atoms with Gasteiger partial charge in [-0.15, -0.1) is 10.2 Å². The van der Waals surface area contributed by atoms with Crippen LogP contribution in [0.2, 0.25) is 0 Å². The summed E-state index contributed by atoms with van der Waals surface area (Å²) in [5.41, 5.74) is 3.07. The molecule has 3 aromatic heterocycles. The second-order valence-corrected chi connectivity index (χ2v) is 5.33. The first kappa shape index (κ1) is 16.6. The number of aromatic nitrogens is 4. The summed E-state index contributed by atoms with van der Waals surface area (Å²) in [6, 6.07) is 6.62. The molecular weight excluding hydrogens is 324 g/mol. The molecule has 1 N–H and O–H groups in total. The Labute approximate surface area is 143 Å². The van der Waals surface area contributed by atoms with Crippen LogP contribution in [0.1, 0.15) is 34.4 Å². The third-order valence-corrected chi connectivity index (χ3v) is 3.60. The predicted octanol–water partition coefficient (Wildman–Crippen LogP) is 2.67. The summed E-state index contributed by atoms with van der Waals surface area (Å²) in [6.45, 7) is 4.05. The first-order chi connectivity index (χ1) is 12.1. The summed E-state index contributed by atoms with van der Waals surface area (Å²) in [4.78, 5) is 15.1. The molecule has 0 amide bonds. The Kier molecular flexibility index (Phi) is 4.69. The van der Waals surface area contributed by atoms with Crippen LogP contribution >= 0.6 is 0 Å². The number of pyridine rings is 1. The lowest BCUT2D eigenvalue weighted by molar-refractivity contribution is 0.0689. The number of hydrogen-bond donors (Lipinski definition) is 1. The van der Waals surface area contributed by atoms with Crippen LogP contribution in [0.15, 0.2) is 35.0 Å². The van der Waals surface area contributed by atoms with Crippen molar-refractivity contribution in [1.82, 2.24) is 20.3 Å². The zero-order valence-corrected chi connectivity index (χ0v) is 13.8. The molecular formula is C17H16N4O4. The van der Waals surface area contributed by atoms with Gasteiger partial charge in [-0.2, -0.15) is 0 Å². The largest absolute Gasteiger partial charge is 0.476 e. The molecule has 128 valence electrons. The average Bonchev–Trinajstić information content (AvgIpc) is 3.04. The topological polar surface area (TPSA) is 111 Å². The Hall–Kier alpha value is -3.29. The molecule has 3 rings (SSSR count). The SMILES string of the molecule is CCc1onc(-c2ccc(C)nc2)c1COc1ccc(C(=O)O)nn1. The van der Waals surface area contributed by atoms with Crippen molar-refractivity contribution in [2.75, 3.05) is 0 Å². The van der Waals surface area contributed by atoms with Crippen LogP contribution in [0.3, 0.4) is 0 Å². The van der Waals surface area contributed by atoms with E-state index in [-0.39, 0.29) is 18.2 Å². The van der Waals surface area contributed by atoms with Gasteiger partial charge in [0.25, 0.3) is 0 Å². The summed E-state index contributed by atoms with van der Waals surface area (Å²) in [5, 5.41) is 20.3. The van der Waals surface area contributed by atoms with Gasteiger partial charge in [0.05, 0.1) is 5.56 Å². The van der Waals surface area contributed by atoms with Gasteiger partial charge >= 0.3 is 5.97 Å². The highest BCUT2D eigenvalue weighted by atomic mass is 16.5. The molecule has 8 nitrogen and oxygen atoms in total. The molecule has 3 heterocycles. The monoisotopic (exact) mass is 340 g/mol. The number of aromatic carboxylic acids is 1. The second kappa shape index (κ2) is 7.08. The lowest BCUT2D eigenvalue weighted by atomic mass is 10.1. The predicted molar refractivity (Wildman–Crippen MR) is 87.2 cm³/mol. The van der Waals surface area contributed by atoms with Crippen molar-refractivity contribution in [3.63, 3.8) is 0 Å². The van der Waals surface area contributed by atoms with Crippen LogP contribution in [0.25, 0.3) is 11.3 Å². The molecule has 8 heteroatoms. The number of nitrogens with zero attached hydrogens (tertiary/aromatic N) is 4. The molecule has 0 bridgehead atoms. The van der Waals surface area contributed by atoms with E-state index in [1.165, 1.54) is 12.1 Å². The van der Waals surface area contributed by atoms with E-state index in [1.54, 1.807) is 6.20 Å². The number of aryl methyl sites for hydroxylation is 2. The maximum absolute atomic E-state index is 10.8. The van der Waals surface area contributed by atoms with Crippen LogP contribution in [-0.4, -0.2) is 31.4 Å². The molecule has 0 aliphatic carbocycles. The summed E-state index contributed by atoms with van der Waals surface area (Å²) in [5.74, 6) is -0.201. The van der Waals surface area contributed by atoms with Crippen molar-refractivity contribution >= 4 is 5.97 Å². The van der Waals surface area contributed by atoms with E-state index in [1.807, 2.05) is 26.0 Å². The van der Waals surface area contributed by atoms with E-state index in [4.69, 9.17) is 14.4 Å². The third kappa shape index (κ3) is 3.63. The Morgan fingerprint density at radius 3 is 2.68 bits per heavy atom. The van der Waals surface area contributed by atoms with E-state index in [0.29, 0.717) is 17.9 Å². The van der Waals surface area contributed by atoms with Crippen LogP contribution in [0.4, 0.5) is 0 Å². The number of ether oxygens (including phenoxy) is 1. The van der Waals surface area contributed by atoms with E-state index in [9.17, 15) is 4.79 Å². The summed E-state index contributed by atoms with van der Waals surface area (Å²) >= 11 is 0. The van der Waals surface area contributed by atoms with Crippen molar-refractivity contribution in [2.24, 2.45) is 0 Å². The Bertz CT molecular complexity index is 873. The number of rotatable bonds is 6. The highest BCUT2D eigenvalue weighted by molar-refractivity contribution is 5.84. The Morgan fingerprint density at radius 2 is 2.08 bits per heavy atom. The van der Waals surface area contributed by atoms with Gasteiger partial charge in [0.15, 0.2) is 5.69 Å². The van der Waals surface area contributed by atoms with Crippen molar-refractivity contribution in [2.45, 2.75) is 26.9 Å². The smallest absolute Gasteiger partial charge is 0.356 e. The van der Waals surface area contributed by atoms with Gasteiger partial charge in [-0.25, -0.2) is 4.79 Å². The fraction of sp³-hybridized carbons (Fsp3) is 0.235. The minimum absolute atomic E-state index is 0.141. The standard InChI is InChI=1S/C17H16N4O4/c1-3-14-12(9-24-15-7-6-13(17(22)23)19-20-15)16(21-25-14)11-5-4-10(2)18-8-11/h4-8H,3,9H2,1-2H3,(H,22,23). The molecule has 0 aromatic carbocycles. The minimum Gasteiger partial charge on any atom is -0.476 e. The van der Waals surface area contributed by atoms with Gasteiger partial charge in [0.2, 0.25) is 5.88 Å². The minimum atomic E-state index is -1.14. The first-order valence-corrected chi connectivity index (χ1v) is 7.68. The zero-order valence-electron chi connectivity index (χ0n) is 13.8. The third-order valence-electron chi connectivity index (χ3n) is 3.60. The molecule has 0 saturated heterocycles. The van der Waals surface area contributed by atoms with Crippen LogP contribution in [0, 0.1) is 6.92 Å². The van der Waals surface area contributed by atoms with Gasteiger partial charge in [-0.3, -0.25) is 4.98 Å². The van der Waals surface area contributed by atoms with E-state index < -0.39 is 5.97 Å². The second-order valence-electron chi connectivity index (χ2n) is 5.33. The van der Waals surface area contributed by atoms with Crippen LogP contribution in [0.5, 0.6) is 5.88 Å². The Morgan fingerprint density at radius 1 is 1.24 bits per heavy atom. The van der Waals surface area contributed by atoms with Gasteiger partial charge in [-0.1, -0.05) is 12.1 Å². The van der Waals surface area contributed by atoms with E-state index >= 15 is 0 Å². The van der Waals surface area contributed by atoms with E-state index in [0.717, 1.165) is 16.8 Å². The zero-order chi connectivity index (χ0) is 17.8. The van der Waals surface area contributed by atoms with Gasteiger partial charge in [0, 0.05) is 29.9 Å². The van der Waals surface area contributed by atoms with E-state index in [2.05, 4.69) is 20.3 Å².